The number of hydrogen-bond acceptors (Lipinski definition) is 4. The summed E-state index contributed by atoms with van der Waals surface area (Å²) in [6, 6.07) is 3.28. The summed E-state index contributed by atoms with van der Waals surface area (Å²) in [4.78, 5) is 24.3. The number of carboxylic acid groups (broad SMARTS) is 1. The summed E-state index contributed by atoms with van der Waals surface area (Å²) in [5.41, 5.74) is 0.0172. The summed E-state index contributed by atoms with van der Waals surface area (Å²) in [6.45, 7) is -0.0503. The number of amides is 1. The van der Waals surface area contributed by atoms with E-state index in [0.29, 0.717) is 4.47 Å². The molecule has 1 amide bonds. The van der Waals surface area contributed by atoms with E-state index in [1.807, 2.05) is 0 Å². The maximum Gasteiger partial charge on any atom is 0.326 e. The Morgan fingerprint density at radius 3 is 2.63 bits per heavy atom. The number of β-amino-alcohol motifs (C(OH)–C–C–N with tert-alkyl or cyclic N) is 1. The van der Waals surface area contributed by atoms with Gasteiger partial charge >= 0.3 is 5.97 Å². The van der Waals surface area contributed by atoms with Gasteiger partial charge in [0.05, 0.1) is 11.7 Å². The van der Waals surface area contributed by atoms with Crippen molar-refractivity contribution >= 4 is 27.8 Å². The molecule has 0 saturated carbocycles. The minimum absolute atomic E-state index is 0.00162. The Hall–Kier alpha value is -1.60. The quantitative estimate of drug-likeness (QED) is 0.746. The van der Waals surface area contributed by atoms with Gasteiger partial charge in [-0.3, -0.25) is 4.79 Å². The first-order valence-electron chi connectivity index (χ1n) is 5.60. The molecule has 7 heteroatoms. The standard InChI is InChI=1S/C12H12BrNO5/c13-6-1-2-8(10(16)3-6)11(17)14-5-7(15)4-9(14)12(18)19/h1-3,7,9,15-16H,4-5H2,(H,18,19)/t7-,9-/m1/s1. The number of aromatic hydroxyl groups is 1. The minimum atomic E-state index is -1.17. The lowest BCUT2D eigenvalue weighted by molar-refractivity contribution is -0.141. The minimum Gasteiger partial charge on any atom is -0.507 e. The lowest BCUT2D eigenvalue weighted by atomic mass is 10.1. The van der Waals surface area contributed by atoms with E-state index in [1.165, 1.54) is 12.1 Å². The molecular weight excluding hydrogens is 318 g/mol. The zero-order valence-electron chi connectivity index (χ0n) is 9.78. The summed E-state index contributed by atoms with van der Waals surface area (Å²) in [6.07, 6.45) is -0.860. The monoisotopic (exact) mass is 329 g/mol. The van der Waals surface area contributed by atoms with E-state index in [4.69, 9.17) is 5.11 Å². The van der Waals surface area contributed by atoms with E-state index >= 15 is 0 Å². The number of aliphatic hydroxyl groups is 1. The Labute approximate surface area is 117 Å². The summed E-state index contributed by atoms with van der Waals surface area (Å²) in [5, 5.41) is 28.3. The molecule has 3 N–H and O–H groups in total. The van der Waals surface area contributed by atoms with E-state index < -0.39 is 24.0 Å². The van der Waals surface area contributed by atoms with E-state index in [9.17, 15) is 19.8 Å². The van der Waals surface area contributed by atoms with Crippen molar-refractivity contribution in [1.29, 1.82) is 0 Å². The largest absolute Gasteiger partial charge is 0.507 e. The molecule has 0 aromatic heterocycles. The van der Waals surface area contributed by atoms with Crippen LogP contribution in [0.25, 0.3) is 0 Å². The zero-order chi connectivity index (χ0) is 14.2. The Bertz CT molecular complexity index is 533. The maximum absolute atomic E-state index is 12.2. The van der Waals surface area contributed by atoms with Gasteiger partial charge in [0, 0.05) is 17.4 Å². The molecule has 2 rings (SSSR count). The van der Waals surface area contributed by atoms with E-state index in [-0.39, 0.29) is 24.3 Å². The molecule has 102 valence electrons. The van der Waals surface area contributed by atoms with E-state index in [1.54, 1.807) is 6.07 Å². The van der Waals surface area contributed by atoms with Gasteiger partial charge < -0.3 is 20.2 Å². The zero-order valence-corrected chi connectivity index (χ0v) is 11.4. The van der Waals surface area contributed by atoms with Crippen molar-refractivity contribution in [1.82, 2.24) is 4.90 Å². The van der Waals surface area contributed by atoms with Crippen molar-refractivity contribution in [3.8, 4) is 5.75 Å². The summed E-state index contributed by atoms with van der Waals surface area (Å²) in [7, 11) is 0. The molecule has 1 aliphatic heterocycles. The van der Waals surface area contributed by atoms with Gasteiger partial charge in [-0.05, 0) is 18.2 Å². The van der Waals surface area contributed by atoms with Crippen molar-refractivity contribution < 1.29 is 24.9 Å². The highest BCUT2D eigenvalue weighted by Gasteiger charge is 2.39. The lowest BCUT2D eigenvalue weighted by Crippen LogP contribution is -2.40. The second kappa shape index (κ2) is 5.18. The van der Waals surface area contributed by atoms with Crippen LogP contribution in [-0.4, -0.2) is 50.8 Å². The van der Waals surface area contributed by atoms with Gasteiger partial charge in [0.15, 0.2) is 0 Å². The SMILES string of the molecule is O=C(O)[C@H]1C[C@@H](O)CN1C(=O)c1ccc(Br)cc1O. The van der Waals surface area contributed by atoms with Gasteiger partial charge in [-0.2, -0.15) is 0 Å². The van der Waals surface area contributed by atoms with Gasteiger partial charge in [0.2, 0.25) is 0 Å². The molecule has 1 heterocycles. The van der Waals surface area contributed by atoms with Gasteiger partial charge in [0.1, 0.15) is 11.8 Å². The normalized spacial score (nSPS) is 22.5. The number of phenolic OH excluding ortho intramolecular Hbond substituents is 1. The molecule has 1 aliphatic rings. The van der Waals surface area contributed by atoms with Crippen LogP contribution >= 0.6 is 15.9 Å². The van der Waals surface area contributed by atoms with Gasteiger partial charge in [-0.25, -0.2) is 4.79 Å². The predicted molar refractivity (Wildman–Crippen MR) is 68.9 cm³/mol. The van der Waals surface area contributed by atoms with Crippen molar-refractivity contribution in [2.45, 2.75) is 18.6 Å². The predicted octanol–water partition coefficient (Wildman–Crippen LogP) is 0.815. The van der Waals surface area contributed by atoms with Gasteiger partial charge in [-0.1, -0.05) is 15.9 Å². The third-order valence-corrected chi connectivity index (χ3v) is 3.51. The fourth-order valence-electron chi connectivity index (χ4n) is 2.11. The maximum atomic E-state index is 12.2. The number of carboxylic acids is 1. The van der Waals surface area contributed by atoms with Crippen LogP contribution in [0.3, 0.4) is 0 Å². The molecule has 2 atom stereocenters. The Kier molecular flexibility index (Phi) is 3.77. The van der Waals surface area contributed by atoms with E-state index in [2.05, 4.69) is 15.9 Å². The fourth-order valence-corrected chi connectivity index (χ4v) is 2.46. The number of nitrogens with zero attached hydrogens (tertiary/aromatic N) is 1. The van der Waals surface area contributed by atoms with E-state index in [0.717, 1.165) is 4.90 Å². The average molecular weight is 330 g/mol. The fraction of sp³-hybridized carbons (Fsp3) is 0.333. The number of phenols is 1. The molecule has 1 aromatic rings. The van der Waals surface area contributed by atoms with Gasteiger partial charge in [0.25, 0.3) is 5.91 Å². The smallest absolute Gasteiger partial charge is 0.326 e. The van der Waals surface area contributed by atoms with Crippen molar-refractivity contribution in [2.75, 3.05) is 6.54 Å². The summed E-state index contributed by atoms with van der Waals surface area (Å²) in [5.74, 6) is -2.00. The lowest BCUT2D eigenvalue weighted by Gasteiger charge is -2.21. The summed E-state index contributed by atoms with van der Waals surface area (Å²) >= 11 is 3.15. The second-order valence-electron chi connectivity index (χ2n) is 4.36. The molecular formula is C12H12BrNO5. The average Bonchev–Trinajstić information content (AvgIpc) is 2.70. The molecule has 6 nitrogen and oxygen atoms in total. The second-order valence-corrected chi connectivity index (χ2v) is 5.28. The van der Waals surface area contributed by atoms with Crippen LogP contribution in [0.4, 0.5) is 0 Å². The Morgan fingerprint density at radius 2 is 2.05 bits per heavy atom. The molecule has 0 unspecified atom stereocenters. The molecule has 1 saturated heterocycles. The number of benzene rings is 1. The first-order valence-corrected chi connectivity index (χ1v) is 6.40. The third-order valence-electron chi connectivity index (χ3n) is 3.02. The number of hydrogen-bond donors (Lipinski definition) is 3. The molecule has 1 aromatic carbocycles. The van der Waals surface area contributed by atoms with Crippen molar-refractivity contribution in [3.63, 3.8) is 0 Å². The van der Waals surface area contributed by atoms with Gasteiger partial charge in [-0.15, -0.1) is 0 Å². The number of aliphatic hydroxyl groups excluding tert-OH is 1. The highest BCUT2D eigenvalue weighted by atomic mass is 79.9. The molecule has 0 bridgehead atoms. The first-order chi connectivity index (χ1) is 8.90. The molecule has 0 spiro atoms. The van der Waals surface area contributed by atoms with Crippen LogP contribution in [0.1, 0.15) is 16.8 Å². The molecule has 1 fully saturated rings. The van der Waals surface area contributed by atoms with Crippen LogP contribution < -0.4 is 0 Å². The Balaban J connectivity index is 2.30. The molecule has 19 heavy (non-hydrogen) atoms. The van der Waals surface area contributed by atoms with Crippen LogP contribution in [0.2, 0.25) is 0 Å². The van der Waals surface area contributed by atoms with Crippen LogP contribution in [-0.2, 0) is 4.79 Å². The van der Waals surface area contributed by atoms with Crippen LogP contribution in [0.5, 0.6) is 5.75 Å². The molecule has 0 radical (unpaired) electrons. The topological polar surface area (TPSA) is 98.1 Å². The molecule has 0 aliphatic carbocycles. The number of rotatable bonds is 2. The van der Waals surface area contributed by atoms with Crippen LogP contribution in [0, 0.1) is 0 Å². The number of halogens is 1. The highest BCUT2D eigenvalue weighted by Crippen LogP contribution is 2.27. The number of carbonyl (C=O) groups excluding carboxylic acids is 1. The Morgan fingerprint density at radius 1 is 1.37 bits per heavy atom. The van der Waals surface area contributed by atoms with Crippen molar-refractivity contribution in [3.05, 3.63) is 28.2 Å². The third kappa shape index (κ3) is 2.71. The number of aliphatic carboxylic acids is 1. The number of carbonyl (C=O) groups is 2. The highest BCUT2D eigenvalue weighted by molar-refractivity contribution is 9.10. The van der Waals surface area contributed by atoms with Crippen LogP contribution in [0.15, 0.2) is 22.7 Å². The van der Waals surface area contributed by atoms with Crippen molar-refractivity contribution in [2.24, 2.45) is 0 Å². The number of likely N-dealkylation sites (tertiary alicyclic amines) is 1. The summed E-state index contributed by atoms with van der Waals surface area (Å²) < 4.78 is 0.609. The first kappa shape index (κ1) is 13.8.